The molecule has 1 unspecified atom stereocenters. The van der Waals surface area contributed by atoms with Gasteiger partial charge in [0.2, 0.25) is 5.91 Å². The van der Waals surface area contributed by atoms with Crippen LogP contribution >= 0.6 is 11.6 Å². The Morgan fingerprint density at radius 1 is 1.56 bits per heavy atom. The number of carbonyl (C=O) groups excluding carboxylic acids is 1. The van der Waals surface area contributed by atoms with Gasteiger partial charge in [0.15, 0.2) is 0 Å². The van der Waals surface area contributed by atoms with E-state index in [2.05, 4.69) is 0 Å². The molecule has 1 aliphatic heterocycles. The quantitative estimate of drug-likeness (QED) is 0.728. The van der Waals surface area contributed by atoms with Crippen molar-refractivity contribution in [3.63, 3.8) is 0 Å². The van der Waals surface area contributed by atoms with Crippen molar-refractivity contribution in [3.05, 3.63) is 0 Å². The van der Waals surface area contributed by atoms with E-state index in [-0.39, 0.29) is 17.9 Å². The number of likely N-dealkylation sites (tertiary alicyclic amines) is 1. The first-order valence-corrected chi connectivity index (χ1v) is 6.46. The maximum Gasteiger partial charge on any atom is 0.222 e. The van der Waals surface area contributed by atoms with Crippen LogP contribution in [0.2, 0.25) is 0 Å². The van der Waals surface area contributed by atoms with Gasteiger partial charge in [-0.3, -0.25) is 4.79 Å². The second-order valence-corrected chi connectivity index (χ2v) is 5.80. The van der Waals surface area contributed by atoms with Crippen molar-refractivity contribution < 1.29 is 9.90 Å². The molecule has 1 rings (SSSR count). The highest BCUT2D eigenvalue weighted by molar-refractivity contribution is 6.18. The summed E-state index contributed by atoms with van der Waals surface area (Å²) in [6, 6.07) is 0. The van der Waals surface area contributed by atoms with E-state index in [1.54, 1.807) is 0 Å². The number of alkyl halides is 1. The Morgan fingerprint density at radius 3 is 2.75 bits per heavy atom. The fourth-order valence-electron chi connectivity index (χ4n) is 2.00. The summed E-state index contributed by atoms with van der Waals surface area (Å²) in [4.78, 5) is 13.5. The zero-order chi connectivity index (χ0) is 12.2. The molecule has 94 valence electrons. The largest absolute Gasteiger partial charge is 0.396 e. The van der Waals surface area contributed by atoms with Crippen LogP contribution in [0.25, 0.3) is 0 Å². The Morgan fingerprint density at radius 2 is 2.25 bits per heavy atom. The molecule has 0 saturated carbocycles. The van der Waals surface area contributed by atoms with E-state index in [1.807, 2.05) is 18.7 Å². The lowest BCUT2D eigenvalue weighted by Crippen LogP contribution is -2.28. The molecule has 0 bridgehead atoms. The second-order valence-electron chi connectivity index (χ2n) is 5.49. The number of rotatable bonds is 6. The lowest BCUT2D eigenvalue weighted by Gasteiger charge is -2.23. The predicted octanol–water partition coefficient (Wildman–Crippen LogP) is 1.87. The van der Waals surface area contributed by atoms with E-state index in [1.165, 1.54) is 0 Å². The van der Waals surface area contributed by atoms with Crippen LogP contribution in [0.1, 0.15) is 33.1 Å². The van der Waals surface area contributed by atoms with Gasteiger partial charge in [-0.25, -0.2) is 0 Å². The van der Waals surface area contributed by atoms with Gasteiger partial charge in [-0.2, -0.15) is 0 Å². The summed E-state index contributed by atoms with van der Waals surface area (Å²) >= 11 is 5.76. The number of nitrogens with zero attached hydrogens (tertiary/aromatic N) is 1. The Balaban J connectivity index is 2.26. The summed E-state index contributed by atoms with van der Waals surface area (Å²) in [5.41, 5.74) is -0.0331. The predicted molar refractivity (Wildman–Crippen MR) is 65.5 cm³/mol. The molecule has 1 atom stereocenters. The van der Waals surface area contributed by atoms with E-state index in [0.29, 0.717) is 18.2 Å². The summed E-state index contributed by atoms with van der Waals surface area (Å²) in [6.07, 6.45) is 2.50. The molecule has 1 saturated heterocycles. The van der Waals surface area contributed by atoms with E-state index >= 15 is 0 Å². The number of aliphatic hydroxyl groups is 1. The molecule has 0 aromatic carbocycles. The summed E-state index contributed by atoms with van der Waals surface area (Å²) in [7, 11) is 0. The number of hydrogen-bond donors (Lipinski definition) is 1. The molecule has 0 aromatic heterocycles. The molecule has 0 radical (unpaired) electrons. The van der Waals surface area contributed by atoms with Gasteiger partial charge in [0, 0.05) is 32.0 Å². The van der Waals surface area contributed by atoms with Crippen molar-refractivity contribution in [1.29, 1.82) is 0 Å². The van der Waals surface area contributed by atoms with Gasteiger partial charge in [0.05, 0.1) is 0 Å². The molecule has 4 heteroatoms. The van der Waals surface area contributed by atoms with Gasteiger partial charge < -0.3 is 10.0 Å². The Labute approximate surface area is 103 Å². The van der Waals surface area contributed by atoms with Gasteiger partial charge in [-0.15, -0.1) is 11.6 Å². The van der Waals surface area contributed by atoms with Gasteiger partial charge in [-0.05, 0) is 24.2 Å². The monoisotopic (exact) mass is 247 g/mol. The second kappa shape index (κ2) is 5.87. The molecular weight excluding hydrogens is 226 g/mol. The fraction of sp³-hybridized carbons (Fsp3) is 0.917. The number of amides is 1. The van der Waals surface area contributed by atoms with Crippen LogP contribution in [0.5, 0.6) is 0 Å². The minimum absolute atomic E-state index is 0.0331. The number of carbonyl (C=O) groups is 1. The third-order valence-corrected chi connectivity index (χ3v) is 3.66. The van der Waals surface area contributed by atoms with Crippen LogP contribution in [0.3, 0.4) is 0 Å². The molecule has 1 amide bonds. The van der Waals surface area contributed by atoms with Gasteiger partial charge in [-0.1, -0.05) is 13.8 Å². The molecule has 1 N–H and O–H groups in total. The lowest BCUT2D eigenvalue weighted by atomic mass is 9.89. The minimum atomic E-state index is -0.0331. The van der Waals surface area contributed by atoms with Gasteiger partial charge in [0.25, 0.3) is 0 Å². The van der Waals surface area contributed by atoms with Crippen molar-refractivity contribution in [2.75, 3.05) is 25.6 Å². The molecule has 0 aromatic rings. The summed E-state index contributed by atoms with van der Waals surface area (Å²) in [6.45, 7) is 5.89. The summed E-state index contributed by atoms with van der Waals surface area (Å²) in [5, 5.41) is 9.12. The highest BCUT2D eigenvalue weighted by Crippen LogP contribution is 2.23. The van der Waals surface area contributed by atoms with Crippen LogP contribution in [0.4, 0.5) is 0 Å². The molecule has 16 heavy (non-hydrogen) atoms. The zero-order valence-electron chi connectivity index (χ0n) is 10.2. The highest BCUT2D eigenvalue weighted by Gasteiger charge is 2.28. The zero-order valence-corrected chi connectivity index (χ0v) is 11.0. The molecule has 1 heterocycles. The topological polar surface area (TPSA) is 40.5 Å². The number of hydrogen-bond acceptors (Lipinski definition) is 2. The lowest BCUT2D eigenvalue weighted by molar-refractivity contribution is -0.127. The smallest absolute Gasteiger partial charge is 0.222 e. The fourth-order valence-corrected chi connectivity index (χ4v) is 2.21. The maximum absolute atomic E-state index is 11.6. The Hall–Kier alpha value is -0.280. The maximum atomic E-state index is 11.6. The van der Waals surface area contributed by atoms with E-state index < -0.39 is 0 Å². The normalized spacial score (nSPS) is 21.9. The van der Waals surface area contributed by atoms with Gasteiger partial charge in [0.1, 0.15) is 0 Å². The Bertz CT molecular complexity index is 243. The number of aliphatic hydroxyl groups excluding tert-OH is 1. The van der Waals surface area contributed by atoms with Crippen LogP contribution in [-0.2, 0) is 4.79 Å². The molecule has 1 aliphatic rings. The SMILES string of the molecule is CC(C)(CO)CCCN1CC(CCl)CC1=O. The van der Waals surface area contributed by atoms with E-state index in [4.69, 9.17) is 16.7 Å². The first kappa shape index (κ1) is 13.8. The standard InChI is InChI=1S/C12H22ClNO2/c1-12(2,9-15)4-3-5-14-8-10(7-13)6-11(14)16/h10,15H,3-9H2,1-2H3. The van der Waals surface area contributed by atoms with Crippen LogP contribution < -0.4 is 0 Å². The third-order valence-electron chi connectivity index (χ3n) is 3.22. The van der Waals surface area contributed by atoms with E-state index in [9.17, 15) is 4.79 Å². The third kappa shape index (κ3) is 3.95. The molecular formula is C12H22ClNO2. The van der Waals surface area contributed by atoms with Crippen LogP contribution in [0.15, 0.2) is 0 Å². The Kier molecular flexibility index (Phi) is 5.06. The molecule has 0 aliphatic carbocycles. The van der Waals surface area contributed by atoms with Crippen molar-refractivity contribution in [2.24, 2.45) is 11.3 Å². The molecule has 1 fully saturated rings. The van der Waals surface area contributed by atoms with Crippen molar-refractivity contribution in [2.45, 2.75) is 33.1 Å². The average Bonchev–Trinajstić information content (AvgIpc) is 2.60. The van der Waals surface area contributed by atoms with Gasteiger partial charge >= 0.3 is 0 Å². The first-order chi connectivity index (χ1) is 7.48. The van der Waals surface area contributed by atoms with E-state index in [0.717, 1.165) is 25.9 Å². The average molecular weight is 248 g/mol. The van der Waals surface area contributed by atoms with Crippen molar-refractivity contribution in [3.8, 4) is 0 Å². The summed E-state index contributed by atoms with van der Waals surface area (Å²) < 4.78 is 0. The minimum Gasteiger partial charge on any atom is -0.396 e. The van der Waals surface area contributed by atoms with Crippen LogP contribution in [-0.4, -0.2) is 41.5 Å². The molecule has 0 spiro atoms. The molecule has 3 nitrogen and oxygen atoms in total. The van der Waals surface area contributed by atoms with Crippen molar-refractivity contribution in [1.82, 2.24) is 4.90 Å². The number of halogens is 1. The van der Waals surface area contributed by atoms with Crippen LogP contribution in [0, 0.1) is 11.3 Å². The first-order valence-electron chi connectivity index (χ1n) is 5.93. The summed E-state index contributed by atoms with van der Waals surface area (Å²) in [5.74, 6) is 1.14. The highest BCUT2D eigenvalue weighted by atomic mass is 35.5. The van der Waals surface area contributed by atoms with Crippen molar-refractivity contribution >= 4 is 17.5 Å².